The Bertz CT molecular complexity index is 786. The van der Waals surface area contributed by atoms with E-state index in [1.165, 1.54) is 5.56 Å². The van der Waals surface area contributed by atoms with E-state index in [1.807, 2.05) is 36.4 Å². The summed E-state index contributed by atoms with van der Waals surface area (Å²) in [6, 6.07) is 20.0. The van der Waals surface area contributed by atoms with Crippen molar-refractivity contribution in [2.45, 2.75) is 43.0 Å². The number of fused-ring (bicyclic) bond motifs is 2. The third kappa shape index (κ3) is 4.32. The van der Waals surface area contributed by atoms with Gasteiger partial charge in [0.15, 0.2) is 6.29 Å². The van der Waals surface area contributed by atoms with Crippen LogP contribution < -0.4 is 0 Å². The van der Waals surface area contributed by atoms with E-state index in [0.717, 1.165) is 11.7 Å². The number of azide groups is 1. The van der Waals surface area contributed by atoms with Gasteiger partial charge in [0.05, 0.1) is 25.4 Å². The molecule has 2 aromatic carbocycles. The molecule has 2 bridgehead atoms. The first-order chi connectivity index (χ1) is 13.3. The molecule has 2 heterocycles. The summed E-state index contributed by atoms with van der Waals surface area (Å²) < 4.78 is 18.0. The van der Waals surface area contributed by atoms with E-state index in [4.69, 9.17) is 19.7 Å². The van der Waals surface area contributed by atoms with Gasteiger partial charge in [-0.2, -0.15) is 0 Å². The lowest BCUT2D eigenvalue weighted by molar-refractivity contribution is -0.144. The van der Waals surface area contributed by atoms with Gasteiger partial charge < -0.3 is 14.2 Å². The molecule has 6 atom stereocenters. The van der Waals surface area contributed by atoms with Crippen LogP contribution in [0, 0.1) is 0 Å². The van der Waals surface area contributed by atoms with Crippen molar-refractivity contribution < 1.29 is 14.2 Å². The monoisotopic (exact) mass is 383 g/mol. The zero-order chi connectivity index (χ0) is 18.5. The Hall–Kier alpha value is -1.94. The normalized spacial score (nSPS) is 29.7. The SMILES string of the molecule is [N-]=[N+]=NC1C2OCC(O2)C(PCc2ccccc2)[C@@H]1OCc1ccccc1. The predicted octanol–water partition coefficient (Wildman–Crippen LogP) is 4.25. The van der Waals surface area contributed by atoms with Crippen LogP contribution in [0.15, 0.2) is 65.8 Å². The summed E-state index contributed by atoms with van der Waals surface area (Å²) in [4.78, 5) is 3.02. The number of ether oxygens (including phenoxy) is 3. The first-order valence-corrected chi connectivity index (χ1v) is 10.4. The number of benzene rings is 2. The standard InChI is InChI=1S/C20H22N3O3P/c21-23-22-17-18(24-11-14-7-3-1-4-8-14)19(16-12-25-20(17)26-16)27-13-15-9-5-2-6-10-15/h1-10,16-20,27H,11-13H2/t16?,17?,18-,19?,20?/m1/s1. The van der Waals surface area contributed by atoms with Crippen molar-refractivity contribution in [3.8, 4) is 0 Å². The minimum absolute atomic E-state index is 0.0111. The molecular weight excluding hydrogens is 361 g/mol. The number of nitrogens with zero attached hydrogens (tertiary/aromatic N) is 3. The molecule has 2 fully saturated rings. The average Bonchev–Trinajstić information content (AvgIpc) is 3.15. The van der Waals surface area contributed by atoms with Gasteiger partial charge in [-0.05, 0) is 22.8 Å². The zero-order valence-electron chi connectivity index (χ0n) is 14.8. The molecule has 7 heteroatoms. The Balaban J connectivity index is 1.52. The Kier molecular flexibility index (Phi) is 6.03. The van der Waals surface area contributed by atoms with Gasteiger partial charge in [0.1, 0.15) is 6.04 Å². The molecule has 4 rings (SSSR count). The molecule has 2 aliphatic rings. The van der Waals surface area contributed by atoms with Gasteiger partial charge in [-0.3, -0.25) is 0 Å². The zero-order valence-corrected chi connectivity index (χ0v) is 15.8. The number of hydrogen-bond donors (Lipinski definition) is 0. The summed E-state index contributed by atoms with van der Waals surface area (Å²) in [5.74, 6) is 0. The van der Waals surface area contributed by atoms with Gasteiger partial charge >= 0.3 is 0 Å². The summed E-state index contributed by atoms with van der Waals surface area (Å²) in [5, 5.41) is 3.97. The van der Waals surface area contributed by atoms with E-state index in [0.29, 0.717) is 21.8 Å². The topological polar surface area (TPSA) is 76.5 Å². The Morgan fingerprint density at radius 1 is 1.07 bits per heavy atom. The first-order valence-electron chi connectivity index (χ1n) is 9.09. The Morgan fingerprint density at radius 2 is 1.78 bits per heavy atom. The van der Waals surface area contributed by atoms with Crippen LogP contribution >= 0.6 is 8.58 Å². The lowest BCUT2D eigenvalue weighted by Crippen LogP contribution is -2.52. The van der Waals surface area contributed by atoms with Gasteiger partial charge in [0, 0.05) is 10.6 Å². The highest BCUT2D eigenvalue weighted by atomic mass is 31.1. The van der Waals surface area contributed by atoms with E-state index in [2.05, 4.69) is 34.3 Å². The van der Waals surface area contributed by atoms with Crippen LogP contribution in [-0.4, -0.2) is 36.8 Å². The average molecular weight is 383 g/mol. The summed E-state index contributed by atoms with van der Waals surface area (Å²) in [5.41, 5.74) is 11.6. The third-order valence-corrected chi connectivity index (χ3v) is 6.74. The minimum atomic E-state index is -0.510. The van der Waals surface area contributed by atoms with E-state index < -0.39 is 12.3 Å². The lowest BCUT2D eigenvalue weighted by Gasteiger charge is -2.39. The van der Waals surface area contributed by atoms with Gasteiger partial charge in [-0.15, -0.1) is 8.58 Å². The van der Waals surface area contributed by atoms with Crippen molar-refractivity contribution in [1.29, 1.82) is 0 Å². The molecule has 2 aromatic rings. The van der Waals surface area contributed by atoms with Crippen LogP contribution in [0.4, 0.5) is 0 Å². The predicted molar refractivity (Wildman–Crippen MR) is 105 cm³/mol. The maximum absolute atomic E-state index is 9.04. The van der Waals surface area contributed by atoms with Crippen LogP contribution in [0.1, 0.15) is 11.1 Å². The molecular formula is C20H22N3O3P. The lowest BCUT2D eigenvalue weighted by atomic mass is 10.0. The molecule has 0 aromatic heterocycles. The highest BCUT2D eigenvalue weighted by Crippen LogP contribution is 2.42. The van der Waals surface area contributed by atoms with Gasteiger partial charge in [-0.1, -0.05) is 65.8 Å². The van der Waals surface area contributed by atoms with Crippen LogP contribution in [0.25, 0.3) is 10.4 Å². The number of rotatable bonds is 7. The largest absolute Gasteiger partial charge is 0.372 e. The van der Waals surface area contributed by atoms with Crippen molar-refractivity contribution in [3.05, 3.63) is 82.2 Å². The molecule has 0 radical (unpaired) electrons. The molecule has 2 saturated heterocycles. The molecule has 0 saturated carbocycles. The Morgan fingerprint density at radius 3 is 2.48 bits per heavy atom. The molecule has 0 spiro atoms. The highest BCUT2D eigenvalue weighted by molar-refractivity contribution is 7.38. The maximum Gasteiger partial charge on any atom is 0.169 e. The van der Waals surface area contributed by atoms with Crippen LogP contribution in [-0.2, 0) is 27.0 Å². The van der Waals surface area contributed by atoms with E-state index in [9.17, 15) is 0 Å². The fourth-order valence-corrected chi connectivity index (χ4v) is 5.29. The first kappa shape index (κ1) is 18.4. The van der Waals surface area contributed by atoms with Crippen molar-refractivity contribution in [1.82, 2.24) is 0 Å². The van der Waals surface area contributed by atoms with E-state index in [-0.39, 0.29) is 17.9 Å². The molecule has 6 nitrogen and oxygen atoms in total. The molecule has 2 aliphatic heterocycles. The maximum atomic E-state index is 9.04. The second-order valence-corrected chi connectivity index (χ2v) is 8.15. The van der Waals surface area contributed by atoms with Crippen molar-refractivity contribution in [2.75, 3.05) is 6.61 Å². The molecule has 0 aliphatic carbocycles. The molecule has 5 unspecified atom stereocenters. The van der Waals surface area contributed by atoms with Crippen molar-refractivity contribution >= 4 is 8.58 Å². The second-order valence-electron chi connectivity index (χ2n) is 6.73. The quantitative estimate of drug-likeness (QED) is 0.310. The van der Waals surface area contributed by atoms with Gasteiger partial charge in [0.25, 0.3) is 0 Å². The van der Waals surface area contributed by atoms with E-state index in [1.54, 1.807) is 0 Å². The van der Waals surface area contributed by atoms with Crippen molar-refractivity contribution in [2.24, 2.45) is 5.11 Å². The molecule has 140 valence electrons. The molecule has 0 N–H and O–H groups in total. The highest BCUT2D eigenvalue weighted by Gasteiger charge is 2.50. The Labute approximate surface area is 160 Å². The van der Waals surface area contributed by atoms with Crippen LogP contribution in [0.3, 0.4) is 0 Å². The van der Waals surface area contributed by atoms with Gasteiger partial charge in [0.2, 0.25) is 0 Å². The fourth-order valence-electron chi connectivity index (χ4n) is 3.61. The summed E-state index contributed by atoms with van der Waals surface area (Å²) in [6.07, 6.45) is 0.214. The minimum Gasteiger partial charge on any atom is -0.372 e. The summed E-state index contributed by atoms with van der Waals surface area (Å²) in [7, 11) is 0.598. The summed E-state index contributed by atoms with van der Waals surface area (Å²) in [6.45, 7) is 1.01. The smallest absolute Gasteiger partial charge is 0.169 e. The van der Waals surface area contributed by atoms with Gasteiger partial charge in [-0.25, -0.2) is 0 Å². The van der Waals surface area contributed by atoms with Crippen LogP contribution in [0.2, 0.25) is 0 Å². The molecule has 27 heavy (non-hydrogen) atoms. The third-order valence-electron chi connectivity index (χ3n) is 4.96. The number of hydrogen-bond acceptors (Lipinski definition) is 4. The fraction of sp³-hybridized carbons (Fsp3) is 0.400. The van der Waals surface area contributed by atoms with Crippen LogP contribution in [0.5, 0.6) is 0 Å². The van der Waals surface area contributed by atoms with Crippen molar-refractivity contribution in [3.63, 3.8) is 0 Å². The van der Waals surface area contributed by atoms with E-state index >= 15 is 0 Å². The summed E-state index contributed by atoms with van der Waals surface area (Å²) >= 11 is 0. The molecule has 0 amide bonds. The second kappa shape index (κ2) is 8.83.